The van der Waals surface area contributed by atoms with Crippen LogP contribution in [0.3, 0.4) is 0 Å². The molecule has 2 aromatic carbocycles. The first-order valence-corrected chi connectivity index (χ1v) is 20.4. The Kier molecular flexibility index (Phi) is 5.97. The minimum absolute atomic E-state index is 0.785. The van der Waals surface area contributed by atoms with E-state index >= 15 is 0 Å². The van der Waals surface area contributed by atoms with E-state index in [0.29, 0.717) is 0 Å². The molecule has 0 N–H and O–H groups in total. The molecule has 0 spiro atoms. The molecule has 5 aliphatic rings. The fraction of sp³-hybridized carbons (Fsp3) is 0.412. The Morgan fingerprint density at radius 3 is 1.43 bits per heavy atom. The zero-order valence-corrected chi connectivity index (χ0v) is 23.2. The summed E-state index contributed by atoms with van der Waals surface area (Å²) in [5, 5.41) is 0. The molecule has 0 radical (unpaired) electrons. The first kappa shape index (κ1) is 22.5. The van der Waals surface area contributed by atoms with Crippen molar-refractivity contribution < 1.29 is 20.3 Å². The van der Waals surface area contributed by atoms with Gasteiger partial charge in [0.1, 0.15) is 0 Å². The number of rotatable bonds is 4. The molecule has 8 unspecified atom stereocenters. The van der Waals surface area contributed by atoms with Gasteiger partial charge >= 0.3 is 217 Å². The number of hydrogen-bond acceptors (Lipinski definition) is 0. The Morgan fingerprint density at radius 1 is 0.543 bits per heavy atom. The zero-order chi connectivity index (χ0) is 23.2. The third-order valence-electron chi connectivity index (χ3n) is 10.6. The summed E-state index contributed by atoms with van der Waals surface area (Å²) < 4.78 is 4.77. The van der Waals surface area contributed by atoms with Gasteiger partial charge in [-0.2, -0.15) is 0 Å². The van der Waals surface area contributed by atoms with Gasteiger partial charge in [0.2, 0.25) is 0 Å². The fourth-order valence-electron chi connectivity index (χ4n) is 9.64. The molecule has 4 aliphatic carbocycles. The van der Waals surface area contributed by atoms with E-state index in [4.69, 9.17) is 0 Å². The van der Waals surface area contributed by atoms with E-state index in [0.717, 1.165) is 42.8 Å². The molecule has 7 rings (SSSR count). The van der Waals surface area contributed by atoms with E-state index in [-0.39, 0.29) is 0 Å². The van der Waals surface area contributed by atoms with E-state index in [1.54, 1.807) is 11.1 Å². The van der Waals surface area contributed by atoms with Crippen LogP contribution in [-0.2, 0) is 28.5 Å². The molecule has 3 fully saturated rings. The molecule has 8 atom stereocenters. The summed E-state index contributed by atoms with van der Waals surface area (Å²) in [7, 11) is 0. The van der Waals surface area contributed by atoms with Crippen LogP contribution in [-0.4, -0.2) is 0 Å². The first-order chi connectivity index (χ1) is 17.3. The average Bonchev–Trinajstić information content (AvgIpc) is 3.44. The maximum atomic E-state index is 2.67. The van der Waals surface area contributed by atoms with Crippen LogP contribution in [0.2, 0.25) is 7.25 Å². The molecule has 178 valence electrons. The Hall–Kier alpha value is -1.72. The summed E-state index contributed by atoms with van der Waals surface area (Å²) in [6.07, 6.45) is 25.8. The van der Waals surface area contributed by atoms with Crippen LogP contribution in [0.5, 0.6) is 0 Å². The van der Waals surface area contributed by atoms with Gasteiger partial charge in [-0.05, 0) is 0 Å². The third kappa shape index (κ3) is 3.89. The molecule has 2 aromatic rings. The van der Waals surface area contributed by atoms with E-state index < -0.39 is 20.3 Å². The first-order valence-electron chi connectivity index (χ1n) is 14.1. The van der Waals surface area contributed by atoms with Crippen molar-refractivity contribution in [3.05, 3.63) is 120 Å². The van der Waals surface area contributed by atoms with Crippen LogP contribution in [0.4, 0.5) is 0 Å². The van der Waals surface area contributed by atoms with Gasteiger partial charge in [0.15, 0.2) is 0 Å². The molecule has 0 nitrogen and oxygen atoms in total. The summed E-state index contributed by atoms with van der Waals surface area (Å²) >= 11 is -2.96. The Morgan fingerprint density at radius 2 is 0.971 bits per heavy atom. The molecule has 1 saturated heterocycles. The summed E-state index contributed by atoms with van der Waals surface area (Å²) in [5.41, 5.74) is 3.27. The molecule has 0 amide bonds. The second-order valence-corrected chi connectivity index (χ2v) is 23.3. The van der Waals surface area contributed by atoms with Crippen LogP contribution in [0.1, 0.15) is 36.8 Å². The van der Waals surface area contributed by atoms with E-state index in [1.807, 2.05) is 0 Å². The SMILES string of the molecule is C1=CC2CC3CCC4CC5C=CC=CC5[CH]4[Zr]([CH2]c4ccccc4)([CH2]c4ccccc4)[CH]3C2C=C1. The van der Waals surface area contributed by atoms with Crippen LogP contribution < -0.4 is 0 Å². The second-order valence-electron chi connectivity index (χ2n) is 12.2. The van der Waals surface area contributed by atoms with Crippen molar-refractivity contribution in [1.29, 1.82) is 0 Å². The van der Waals surface area contributed by atoms with Crippen molar-refractivity contribution in [2.45, 2.75) is 41.2 Å². The molecular weight excluding hydrogens is 500 g/mol. The Balaban J connectivity index is 1.43. The second kappa shape index (κ2) is 9.30. The van der Waals surface area contributed by atoms with E-state index in [1.165, 1.54) is 33.9 Å². The van der Waals surface area contributed by atoms with Crippen molar-refractivity contribution in [3.63, 3.8) is 0 Å². The third-order valence-corrected chi connectivity index (χ3v) is 26.6. The standard InChI is InChI=1S/C20H24.2C7H7.Zr/c1-2-6-18-12-15(11-17(18)5-1)9-10-16-13-19-7-3-4-8-20(19)14-16;2*1-7-5-3-2-4-6-7;/h1-8,11,13,15-20H,9-10,12,14H2;2*2-6H,1H2;. The number of allylic oxidation sites excluding steroid dienone is 8. The van der Waals surface area contributed by atoms with Gasteiger partial charge in [-0.25, -0.2) is 0 Å². The Labute approximate surface area is 216 Å². The predicted molar refractivity (Wildman–Crippen MR) is 144 cm³/mol. The summed E-state index contributed by atoms with van der Waals surface area (Å²) in [6.45, 7) is 0. The molecule has 1 aliphatic heterocycles. The quantitative estimate of drug-likeness (QED) is 0.366. The number of fused-ring (bicyclic) bond motifs is 6. The molecule has 1 heteroatoms. The van der Waals surface area contributed by atoms with Crippen LogP contribution >= 0.6 is 0 Å². The zero-order valence-electron chi connectivity index (χ0n) is 20.8. The van der Waals surface area contributed by atoms with Gasteiger partial charge in [0.05, 0.1) is 0 Å². The summed E-state index contributed by atoms with van der Waals surface area (Å²) in [6, 6.07) is 23.5. The summed E-state index contributed by atoms with van der Waals surface area (Å²) in [4.78, 5) is 0. The van der Waals surface area contributed by atoms with Gasteiger partial charge in [-0.15, -0.1) is 0 Å². The molecule has 1 heterocycles. The summed E-state index contributed by atoms with van der Waals surface area (Å²) in [5.74, 6) is 5.02. The van der Waals surface area contributed by atoms with E-state index in [9.17, 15) is 0 Å². The van der Waals surface area contributed by atoms with Crippen LogP contribution in [0.25, 0.3) is 0 Å². The minimum atomic E-state index is -2.96. The Bertz CT molecular complexity index is 1060. The maximum absolute atomic E-state index is 2.96. The van der Waals surface area contributed by atoms with Crippen molar-refractivity contribution in [2.75, 3.05) is 0 Å². The van der Waals surface area contributed by atoms with Crippen LogP contribution in [0, 0.1) is 35.5 Å². The van der Waals surface area contributed by atoms with Crippen molar-refractivity contribution in [2.24, 2.45) is 35.5 Å². The molecule has 2 saturated carbocycles. The molecule has 0 aromatic heterocycles. The van der Waals surface area contributed by atoms with Gasteiger partial charge in [-0.3, -0.25) is 0 Å². The van der Waals surface area contributed by atoms with Gasteiger partial charge in [-0.1, -0.05) is 0 Å². The normalized spacial score (nSPS) is 37.8. The van der Waals surface area contributed by atoms with Gasteiger partial charge in [0, 0.05) is 0 Å². The molecule has 0 bridgehead atoms. The van der Waals surface area contributed by atoms with Gasteiger partial charge < -0.3 is 0 Å². The average molecular weight is 538 g/mol. The van der Waals surface area contributed by atoms with E-state index in [2.05, 4.69) is 109 Å². The van der Waals surface area contributed by atoms with Crippen molar-refractivity contribution in [3.8, 4) is 0 Å². The molecule has 35 heavy (non-hydrogen) atoms. The number of hydrogen-bond donors (Lipinski definition) is 0. The van der Waals surface area contributed by atoms with Crippen molar-refractivity contribution in [1.82, 2.24) is 0 Å². The van der Waals surface area contributed by atoms with Crippen molar-refractivity contribution >= 4 is 0 Å². The fourth-order valence-corrected chi connectivity index (χ4v) is 29.9. The van der Waals surface area contributed by atoms with Gasteiger partial charge in [0.25, 0.3) is 0 Å². The molecular formula is C34H38Zr. The predicted octanol–water partition coefficient (Wildman–Crippen LogP) is 8.67. The number of benzene rings is 2. The monoisotopic (exact) mass is 536 g/mol. The topological polar surface area (TPSA) is 0 Å². The van der Waals surface area contributed by atoms with Crippen LogP contribution in [0.15, 0.2) is 109 Å².